The number of benzene rings is 1. The first kappa shape index (κ1) is 16.3. The molecule has 0 saturated heterocycles. The molecule has 1 aromatic heterocycles. The summed E-state index contributed by atoms with van der Waals surface area (Å²) >= 11 is 0. The molecule has 0 aliphatic carbocycles. The van der Waals surface area contributed by atoms with Gasteiger partial charge in [0.1, 0.15) is 11.4 Å². The van der Waals surface area contributed by atoms with Gasteiger partial charge in [0.15, 0.2) is 0 Å². The van der Waals surface area contributed by atoms with E-state index in [1.807, 2.05) is 35.2 Å². The zero-order valence-corrected chi connectivity index (χ0v) is 14.2. The molecule has 0 spiro atoms. The quantitative estimate of drug-likeness (QED) is 0.825. The summed E-state index contributed by atoms with van der Waals surface area (Å²) in [6.45, 7) is 2.84. The third-order valence-electron chi connectivity index (χ3n) is 4.37. The Bertz CT molecular complexity index is 718. The number of hydrogen-bond donors (Lipinski definition) is 1. The van der Waals surface area contributed by atoms with Crippen molar-refractivity contribution >= 4 is 5.91 Å². The summed E-state index contributed by atoms with van der Waals surface area (Å²) in [7, 11) is 1.64. The van der Waals surface area contributed by atoms with E-state index < -0.39 is 0 Å². The van der Waals surface area contributed by atoms with Gasteiger partial charge in [-0.25, -0.2) is 0 Å². The van der Waals surface area contributed by atoms with Gasteiger partial charge in [0.25, 0.3) is 5.91 Å². The van der Waals surface area contributed by atoms with E-state index in [1.54, 1.807) is 7.11 Å². The molecule has 0 bridgehead atoms. The molecule has 2 heterocycles. The van der Waals surface area contributed by atoms with Crippen molar-refractivity contribution in [2.75, 3.05) is 13.7 Å². The molecule has 24 heavy (non-hydrogen) atoms. The fourth-order valence-corrected chi connectivity index (χ4v) is 2.97. The molecule has 0 radical (unpaired) electrons. The number of carbonyl (C=O) groups excluding carboxylic acids is 1. The molecule has 5 nitrogen and oxygen atoms in total. The van der Waals surface area contributed by atoms with Crippen LogP contribution < -0.4 is 4.74 Å². The van der Waals surface area contributed by atoms with Crippen LogP contribution in [0, 0.1) is 0 Å². The van der Waals surface area contributed by atoms with Gasteiger partial charge in [0, 0.05) is 12.1 Å². The Morgan fingerprint density at radius 2 is 2.17 bits per heavy atom. The van der Waals surface area contributed by atoms with Crippen molar-refractivity contribution in [3.63, 3.8) is 0 Å². The molecule has 0 fully saturated rings. The summed E-state index contributed by atoms with van der Waals surface area (Å²) in [4.78, 5) is 14.7. The average molecular weight is 325 g/mol. The minimum atomic E-state index is 0.00775. The number of carbonyl (C=O) groups is 1. The summed E-state index contributed by atoms with van der Waals surface area (Å²) in [5, 5.41) is 7.17. The molecule has 3 rings (SSSR count). The number of aromatic nitrogens is 2. The number of H-pyrrole nitrogens is 1. The number of rotatable bonds is 6. The maximum absolute atomic E-state index is 12.8. The van der Waals surface area contributed by atoms with Crippen molar-refractivity contribution in [3.05, 3.63) is 48.2 Å². The minimum Gasteiger partial charge on any atom is -0.497 e. The number of ether oxygens (including phenoxy) is 1. The lowest BCUT2D eigenvalue weighted by Crippen LogP contribution is -2.36. The van der Waals surface area contributed by atoms with Crippen LogP contribution in [0.3, 0.4) is 0 Å². The Morgan fingerprint density at radius 3 is 2.88 bits per heavy atom. The second-order valence-corrected chi connectivity index (χ2v) is 5.99. The van der Waals surface area contributed by atoms with Gasteiger partial charge in [0.05, 0.1) is 18.8 Å². The Labute approximate surface area is 142 Å². The standard InChI is InChI=1S/C19H23N3O2/c1-3-4-6-15-7-5-12-22(15)19(23)18-13-17(20-21-18)14-8-10-16(24-2)11-9-14/h5,7-11,13,15H,3-4,6,12H2,1-2H3,(H,20,21). The zero-order valence-electron chi connectivity index (χ0n) is 14.2. The molecule has 2 aromatic rings. The van der Waals surface area contributed by atoms with Crippen molar-refractivity contribution in [1.29, 1.82) is 0 Å². The fourth-order valence-electron chi connectivity index (χ4n) is 2.97. The van der Waals surface area contributed by atoms with Crippen LogP contribution >= 0.6 is 0 Å². The molecule has 126 valence electrons. The third kappa shape index (κ3) is 3.35. The van der Waals surface area contributed by atoms with Crippen molar-refractivity contribution in [2.45, 2.75) is 32.2 Å². The molecular weight excluding hydrogens is 302 g/mol. The van der Waals surface area contributed by atoms with E-state index in [1.165, 1.54) is 0 Å². The zero-order chi connectivity index (χ0) is 16.9. The summed E-state index contributed by atoms with van der Waals surface area (Å²) < 4.78 is 5.16. The van der Waals surface area contributed by atoms with E-state index >= 15 is 0 Å². The van der Waals surface area contributed by atoms with E-state index in [0.717, 1.165) is 36.3 Å². The predicted octanol–water partition coefficient (Wildman–Crippen LogP) is 3.66. The number of nitrogens with one attached hydrogen (secondary N) is 1. The summed E-state index contributed by atoms with van der Waals surface area (Å²) in [6.07, 6.45) is 7.47. The number of aromatic amines is 1. The smallest absolute Gasteiger partial charge is 0.272 e. The normalized spacial score (nSPS) is 16.6. The molecule has 1 N–H and O–H groups in total. The van der Waals surface area contributed by atoms with E-state index in [4.69, 9.17) is 4.74 Å². The van der Waals surface area contributed by atoms with Crippen molar-refractivity contribution in [1.82, 2.24) is 15.1 Å². The van der Waals surface area contributed by atoms with Crippen molar-refractivity contribution < 1.29 is 9.53 Å². The Morgan fingerprint density at radius 1 is 1.38 bits per heavy atom. The highest BCUT2D eigenvalue weighted by molar-refractivity contribution is 5.94. The number of unbranched alkanes of at least 4 members (excludes halogenated alkanes) is 1. The number of amides is 1. The highest BCUT2D eigenvalue weighted by Gasteiger charge is 2.26. The Kier molecular flexibility index (Phi) is 4.99. The highest BCUT2D eigenvalue weighted by atomic mass is 16.5. The van der Waals surface area contributed by atoms with Gasteiger partial charge in [-0.15, -0.1) is 0 Å². The maximum Gasteiger partial charge on any atom is 0.272 e. The second kappa shape index (κ2) is 7.34. The van der Waals surface area contributed by atoms with Crippen molar-refractivity contribution in [2.24, 2.45) is 0 Å². The summed E-state index contributed by atoms with van der Waals surface area (Å²) in [5.41, 5.74) is 2.25. The number of nitrogens with zero attached hydrogens (tertiary/aromatic N) is 2. The molecular formula is C19H23N3O2. The van der Waals surface area contributed by atoms with Crippen LogP contribution in [-0.2, 0) is 0 Å². The second-order valence-electron chi connectivity index (χ2n) is 5.99. The van der Waals surface area contributed by atoms with Gasteiger partial charge in [-0.05, 0) is 36.8 Å². The van der Waals surface area contributed by atoms with Crippen LogP contribution in [0.1, 0.15) is 36.7 Å². The van der Waals surface area contributed by atoms with Gasteiger partial charge in [-0.2, -0.15) is 5.10 Å². The van der Waals surface area contributed by atoms with Crippen LogP contribution in [0.5, 0.6) is 5.75 Å². The van der Waals surface area contributed by atoms with Crippen molar-refractivity contribution in [3.8, 4) is 17.0 Å². The maximum atomic E-state index is 12.8. The van der Waals surface area contributed by atoms with E-state index in [2.05, 4.69) is 29.3 Å². The fraction of sp³-hybridized carbons (Fsp3) is 0.368. The number of hydrogen-bond acceptors (Lipinski definition) is 3. The van der Waals surface area contributed by atoms with Crippen LogP contribution in [0.2, 0.25) is 0 Å². The monoisotopic (exact) mass is 325 g/mol. The SMILES string of the molecule is CCCCC1C=CCN1C(=O)c1cc(-c2ccc(OC)cc2)n[nH]1. The molecule has 5 heteroatoms. The van der Waals surface area contributed by atoms with Gasteiger partial charge in [-0.3, -0.25) is 9.89 Å². The highest BCUT2D eigenvalue weighted by Crippen LogP contribution is 2.23. The molecule has 1 unspecified atom stereocenters. The van der Waals surface area contributed by atoms with Crippen LogP contribution in [-0.4, -0.2) is 40.7 Å². The first-order chi connectivity index (χ1) is 11.7. The Balaban J connectivity index is 1.73. The van der Waals surface area contributed by atoms with Gasteiger partial charge in [-0.1, -0.05) is 31.9 Å². The van der Waals surface area contributed by atoms with E-state index in [-0.39, 0.29) is 11.9 Å². The first-order valence-corrected chi connectivity index (χ1v) is 8.40. The predicted molar refractivity (Wildman–Crippen MR) is 94.1 cm³/mol. The largest absolute Gasteiger partial charge is 0.497 e. The minimum absolute atomic E-state index is 0.00775. The van der Waals surface area contributed by atoms with Crippen LogP contribution in [0.25, 0.3) is 11.3 Å². The molecule has 1 amide bonds. The summed E-state index contributed by atoms with van der Waals surface area (Å²) in [5.74, 6) is 0.806. The van der Waals surface area contributed by atoms with Gasteiger partial charge in [0.2, 0.25) is 0 Å². The van der Waals surface area contributed by atoms with Gasteiger partial charge < -0.3 is 9.64 Å². The number of methoxy groups -OCH3 is 1. The molecule has 1 aliphatic heterocycles. The lowest BCUT2D eigenvalue weighted by Gasteiger charge is -2.23. The van der Waals surface area contributed by atoms with Crippen LogP contribution in [0.4, 0.5) is 0 Å². The Hall–Kier alpha value is -2.56. The lowest BCUT2D eigenvalue weighted by atomic mass is 10.1. The topological polar surface area (TPSA) is 58.2 Å². The first-order valence-electron chi connectivity index (χ1n) is 8.40. The molecule has 1 aliphatic rings. The molecule has 0 saturated carbocycles. The third-order valence-corrected chi connectivity index (χ3v) is 4.37. The summed E-state index contributed by atoms with van der Waals surface area (Å²) in [6, 6.07) is 9.66. The average Bonchev–Trinajstić information content (AvgIpc) is 3.29. The molecule has 1 atom stereocenters. The van der Waals surface area contributed by atoms with Crippen LogP contribution in [0.15, 0.2) is 42.5 Å². The van der Waals surface area contributed by atoms with Gasteiger partial charge >= 0.3 is 0 Å². The van der Waals surface area contributed by atoms with E-state index in [9.17, 15) is 4.79 Å². The molecule has 1 aromatic carbocycles. The van der Waals surface area contributed by atoms with E-state index in [0.29, 0.717) is 12.2 Å². The lowest BCUT2D eigenvalue weighted by molar-refractivity contribution is 0.0737.